The highest BCUT2D eigenvalue weighted by atomic mass is 35.5. The second-order valence-corrected chi connectivity index (χ2v) is 10.1. The molecule has 0 radical (unpaired) electrons. The molecule has 9 heteroatoms. The van der Waals surface area contributed by atoms with Crippen molar-refractivity contribution in [3.8, 4) is 17.1 Å². The number of ether oxygens (including phenoxy) is 2. The number of rotatable bonds is 5. The summed E-state index contributed by atoms with van der Waals surface area (Å²) in [5, 5.41) is 1.14. The number of nitrogens with zero attached hydrogens (tertiary/aromatic N) is 4. The van der Waals surface area contributed by atoms with Crippen LogP contribution in [0, 0.1) is 0 Å². The van der Waals surface area contributed by atoms with Crippen LogP contribution in [0.25, 0.3) is 11.3 Å². The third-order valence-electron chi connectivity index (χ3n) is 5.41. The molecule has 0 spiro atoms. The van der Waals surface area contributed by atoms with E-state index in [1.165, 1.54) is 0 Å². The molecule has 0 unspecified atom stereocenters. The summed E-state index contributed by atoms with van der Waals surface area (Å²) in [6, 6.07) is 14.9. The van der Waals surface area contributed by atoms with Crippen LogP contribution in [0.15, 0.2) is 54.7 Å². The Morgan fingerprint density at radius 2 is 1.80 bits per heavy atom. The number of pyridine rings is 2. The molecule has 1 fully saturated rings. The Morgan fingerprint density at radius 1 is 1.03 bits per heavy atom. The molecule has 0 N–H and O–H groups in total. The molecule has 1 saturated heterocycles. The number of hydrogen-bond donors (Lipinski definition) is 0. The van der Waals surface area contributed by atoms with Crippen LogP contribution in [-0.2, 0) is 11.3 Å². The molecule has 7 nitrogen and oxygen atoms in total. The lowest BCUT2D eigenvalue weighted by Crippen LogP contribution is -2.50. The van der Waals surface area contributed by atoms with E-state index in [0.717, 1.165) is 22.6 Å². The van der Waals surface area contributed by atoms with E-state index in [1.54, 1.807) is 29.3 Å². The minimum atomic E-state index is -0.495. The molecule has 35 heavy (non-hydrogen) atoms. The molecule has 1 aliphatic rings. The van der Waals surface area contributed by atoms with Crippen LogP contribution in [-0.4, -0.2) is 52.7 Å². The van der Waals surface area contributed by atoms with Gasteiger partial charge in [-0.25, -0.2) is 14.8 Å². The smallest absolute Gasteiger partial charge is 0.410 e. The highest BCUT2D eigenvalue weighted by molar-refractivity contribution is 6.35. The fourth-order valence-electron chi connectivity index (χ4n) is 3.62. The molecular formula is C26H28Cl2N4O3. The molecule has 3 aromatic rings. The topological polar surface area (TPSA) is 67.8 Å². The van der Waals surface area contributed by atoms with E-state index in [2.05, 4.69) is 14.9 Å². The number of amides is 1. The van der Waals surface area contributed by atoms with Gasteiger partial charge in [0.25, 0.3) is 0 Å². The number of piperazine rings is 1. The first-order valence-electron chi connectivity index (χ1n) is 11.4. The summed E-state index contributed by atoms with van der Waals surface area (Å²) in [7, 11) is 0. The lowest BCUT2D eigenvalue weighted by atomic mass is 10.2. The number of benzene rings is 1. The molecule has 4 rings (SSSR count). The van der Waals surface area contributed by atoms with Gasteiger partial charge in [0, 0.05) is 59.6 Å². The largest absolute Gasteiger partial charge is 0.473 e. The Hall–Kier alpha value is -3.03. The third-order valence-corrected chi connectivity index (χ3v) is 6.00. The van der Waals surface area contributed by atoms with Crippen LogP contribution in [0.2, 0.25) is 10.0 Å². The van der Waals surface area contributed by atoms with Crippen molar-refractivity contribution in [1.82, 2.24) is 14.9 Å². The Balaban J connectivity index is 1.35. The van der Waals surface area contributed by atoms with Gasteiger partial charge in [0.15, 0.2) is 0 Å². The number of hydrogen-bond acceptors (Lipinski definition) is 6. The molecular weight excluding hydrogens is 487 g/mol. The number of carbonyl (C=O) groups is 1. The normalized spacial score (nSPS) is 14.1. The van der Waals surface area contributed by atoms with Crippen molar-refractivity contribution >= 4 is 35.1 Å². The summed E-state index contributed by atoms with van der Waals surface area (Å²) in [6.07, 6.45) is 1.53. The fraction of sp³-hybridized carbons (Fsp3) is 0.346. The maximum Gasteiger partial charge on any atom is 0.410 e. The summed E-state index contributed by atoms with van der Waals surface area (Å²) in [5.41, 5.74) is 1.99. The van der Waals surface area contributed by atoms with Crippen LogP contribution in [0.4, 0.5) is 10.6 Å². The van der Waals surface area contributed by atoms with Gasteiger partial charge in [-0.1, -0.05) is 35.3 Å². The van der Waals surface area contributed by atoms with E-state index < -0.39 is 5.60 Å². The average molecular weight is 515 g/mol. The molecule has 1 aliphatic heterocycles. The summed E-state index contributed by atoms with van der Waals surface area (Å²) < 4.78 is 11.3. The van der Waals surface area contributed by atoms with Gasteiger partial charge in [0.05, 0.1) is 5.69 Å². The SMILES string of the molecule is CC(C)(C)OC(=O)N1CCN(c2ccc(-c3cccc(OCc4ccc(Cl)cc4Cl)n3)cn2)CC1. The van der Waals surface area contributed by atoms with Crippen LogP contribution in [0.3, 0.4) is 0 Å². The first-order chi connectivity index (χ1) is 16.7. The lowest BCUT2D eigenvalue weighted by Gasteiger charge is -2.36. The highest BCUT2D eigenvalue weighted by Gasteiger charge is 2.26. The summed E-state index contributed by atoms with van der Waals surface area (Å²) in [5.74, 6) is 1.36. The van der Waals surface area contributed by atoms with Gasteiger partial charge in [-0.15, -0.1) is 0 Å². The van der Waals surface area contributed by atoms with Crippen molar-refractivity contribution in [2.45, 2.75) is 33.0 Å². The number of anilines is 1. The minimum absolute atomic E-state index is 0.271. The predicted molar refractivity (Wildman–Crippen MR) is 138 cm³/mol. The van der Waals surface area contributed by atoms with Crippen LogP contribution in [0.1, 0.15) is 26.3 Å². The van der Waals surface area contributed by atoms with Crippen molar-refractivity contribution in [3.63, 3.8) is 0 Å². The molecule has 0 saturated carbocycles. The average Bonchev–Trinajstić information content (AvgIpc) is 2.83. The van der Waals surface area contributed by atoms with Gasteiger partial charge >= 0.3 is 6.09 Å². The second kappa shape index (κ2) is 10.7. The molecule has 2 aromatic heterocycles. The van der Waals surface area contributed by atoms with E-state index in [4.69, 9.17) is 32.7 Å². The fourth-order valence-corrected chi connectivity index (χ4v) is 4.08. The van der Waals surface area contributed by atoms with Gasteiger partial charge < -0.3 is 19.3 Å². The van der Waals surface area contributed by atoms with Crippen LogP contribution >= 0.6 is 23.2 Å². The zero-order valence-corrected chi connectivity index (χ0v) is 21.5. The number of halogens is 2. The maximum absolute atomic E-state index is 12.3. The Bertz CT molecular complexity index is 1170. The standard InChI is InChI=1S/C26H28Cl2N4O3/c1-26(2,3)35-25(33)32-13-11-31(12-14-32)23-10-8-18(16-29-23)22-5-4-6-24(30-22)34-17-19-7-9-20(27)15-21(19)28/h4-10,15-16H,11-14,17H2,1-3H3. The second-order valence-electron chi connectivity index (χ2n) is 9.24. The molecule has 1 aromatic carbocycles. The van der Waals surface area contributed by atoms with Crippen molar-refractivity contribution in [2.75, 3.05) is 31.1 Å². The zero-order chi connectivity index (χ0) is 25.0. The van der Waals surface area contributed by atoms with E-state index >= 15 is 0 Å². The van der Waals surface area contributed by atoms with E-state index in [9.17, 15) is 4.79 Å². The highest BCUT2D eigenvalue weighted by Crippen LogP contribution is 2.25. The van der Waals surface area contributed by atoms with Gasteiger partial charge in [-0.05, 0) is 51.1 Å². The van der Waals surface area contributed by atoms with Crippen molar-refractivity contribution in [1.29, 1.82) is 0 Å². The summed E-state index contributed by atoms with van der Waals surface area (Å²) in [4.78, 5) is 25.4. The van der Waals surface area contributed by atoms with E-state index in [0.29, 0.717) is 48.7 Å². The van der Waals surface area contributed by atoms with Crippen molar-refractivity contribution in [2.24, 2.45) is 0 Å². The molecule has 0 bridgehead atoms. The summed E-state index contributed by atoms with van der Waals surface area (Å²) in [6.45, 7) is 8.49. The Kier molecular flexibility index (Phi) is 7.67. The monoisotopic (exact) mass is 514 g/mol. The van der Waals surface area contributed by atoms with Gasteiger partial charge in [-0.2, -0.15) is 0 Å². The van der Waals surface area contributed by atoms with Crippen LogP contribution < -0.4 is 9.64 Å². The van der Waals surface area contributed by atoms with Gasteiger partial charge in [0.1, 0.15) is 18.0 Å². The maximum atomic E-state index is 12.3. The number of carbonyl (C=O) groups excluding carboxylic acids is 1. The van der Waals surface area contributed by atoms with E-state index in [1.807, 2.05) is 51.1 Å². The van der Waals surface area contributed by atoms with Gasteiger partial charge in [-0.3, -0.25) is 0 Å². The molecule has 0 atom stereocenters. The Labute approximate surface area is 215 Å². The van der Waals surface area contributed by atoms with Crippen molar-refractivity contribution in [3.05, 3.63) is 70.3 Å². The van der Waals surface area contributed by atoms with E-state index in [-0.39, 0.29) is 6.09 Å². The predicted octanol–water partition coefficient (Wildman–Crippen LogP) is 6.09. The minimum Gasteiger partial charge on any atom is -0.473 e. The first-order valence-corrected chi connectivity index (χ1v) is 12.2. The summed E-state index contributed by atoms with van der Waals surface area (Å²) >= 11 is 12.2. The van der Waals surface area contributed by atoms with Gasteiger partial charge in [0.2, 0.25) is 5.88 Å². The molecule has 3 heterocycles. The number of aromatic nitrogens is 2. The molecule has 0 aliphatic carbocycles. The van der Waals surface area contributed by atoms with Crippen molar-refractivity contribution < 1.29 is 14.3 Å². The molecule has 184 valence electrons. The zero-order valence-electron chi connectivity index (χ0n) is 20.0. The third kappa shape index (κ3) is 6.77. The quantitative estimate of drug-likeness (QED) is 0.410. The Morgan fingerprint density at radius 3 is 2.46 bits per heavy atom. The first kappa shape index (κ1) is 25.1. The van der Waals surface area contributed by atoms with Crippen LogP contribution in [0.5, 0.6) is 5.88 Å². The lowest BCUT2D eigenvalue weighted by molar-refractivity contribution is 0.0240. The molecule has 1 amide bonds.